The second-order valence-electron chi connectivity index (χ2n) is 6.13. The van der Waals surface area contributed by atoms with Crippen molar-refractivity contribution in [2.24, 2.45) is 0 Å². The van der Waals surface area contributed by atoms with Gasteiger partial charge in [0.2, 0.25) is 5.91 Å². The molecule has 4 rings (SSSR count). The number of carbonyl (C=O) groups excluding carboxylic acids is 1. The molecule has 7 heteroatoms. The zero-order chi connectivity index (χ0) is 19.5. The molecule has 0 saturated heterocycles. The second-order valence-corrected chi connectivity index (χ2v) is 8.51. The number of hydrogen-bond donors (Lipinski definition) is 1. The highest BCUT2D eigenvalue weighted by Crippen LogP contribution is 2.38. The van der Waals surface area contributed by atoms with Crippen LogP contribution >= 0.6 is 23.1 Å². The number of hydrogen-bond acceptors (Lipinski definition) is 5. The highest BCUT2D eigenvalue weighted by atomic mass is 32.2. The number of nitrogens with one attached hydrogen (secondary N) is 1. The van der Waals surface area contributed by atoms with Crippen molar-refractivity contribution in [2.45, 2.75) is 17.2 Å². The van der Waals surface area contributed by atoms with Gasteiger partial charge in [0.05, 0.1) is 15.5 Å². The van der Waals surface area contributed by atoms with Crippen LogP contribution in [0.1, 0.15) is 6.92 Å². The molecule has 0 spiro atoms. The summed E-state index contributed by atoms with van der Waals surface area (Å²) in [7, 11) is 0. The van der Waals surface area contributed by atoms with E-state index in [9.17, 15) is 9.18 Å². The Morgan fingerprint density at radius 2 is 1.86 bits per heavy atom. The summed E-state index contributed by atoms with van der Waals surface area (Å²) in [6, 6.07) is 17.7. The van der Waals surface area contributed by atoms with Gasteiger partial charge in [-0.2, -0.15) is 0 Å². The molecule has 0 radical (unpaired) electrons. The van der Waals surface area contributed by atoms with Crippen LogP contribution < -0.4 is 5.32 Å². The molecule has 4 nitrogen and oxygen atoms in total. The van der Waals surface area contributed by atoms with E-state index in [0.29, 0.717) is 0 Å². The fourth-order valence-electron chi connectivity index (χ4n) is 2.66. The Hall–Kier alpha value is -2.77. The summed E-state index contributed by atoms with van der Waals surface area (Å²) >= 11 is 2.94. The fourth-order valence-corrected chi connectivity index (χ4v) is 4.75. The second kappa shape index (κ2) is 8.08. The van der Waals surface area contributed by atoms with Crippen molar-refractivity contribution in [1.29, 1.82) is 0 Å². The number of amides is 1. The molecule has 2 aromatic heterocycles. The predicted molar refractivity (Wildman–Crippen MR) is 113 cm³/mol. The Bertz CT molecular complexity index is 1110. The standard InChI is InChI=1S/C21H16FN3OS2/c1-13(20(26)25-16-5-3-2-4-6-16)27-21-19-17(23-12-24-21)11-18(28-19)14-7-9-15(22)10-8-14/h2-13H,1H3,(H,25,26)/t13-/m1/s1. The number of thioether (sulfide) groups is 1. The van der Waals surface area contributed by atoms with E-state index in [1.54, 1.807) is 23.5 Å². The Labute approximate surface area is 169 Å². The zero-order valence-corrected chi connectivity index (χ0v) is 16.6. The molecule has 1 amide bonds. The minimum absolute atomic E-state index is 0.0849. The lowest BCUT2D eigenvalue weighted by atomic mass is 10.2. The van der Waals surface area contributed by atoms with Gasteiger partial charge in [-0.25, -0.2) is 14.4 Å². The van der Waals surface area contributed by atoms with Gasteiger partial charge in [0, 0.05) is 10.6 Å². The molecule has 0 unspecified atom stereocenters. The maximum Gasteiger partial charge on any atom is 0.237 e. The van der Waals surface area contributed by atoms with Crippen molar-refractivity contribution in [1.82, 2.24) is 9.97 Å². The highest BCUT2D eigenvalue weighted by molar-refractivity contribution is 8.00. The third-order valence-corrected chi connectivity index (χ3v) is 6.52. The van der Waals surface area contributed by atoms with Crippen LogP contribution in [0.15, 0.2) is 72.0 Å². The molecule has 140 valence electrons. The molecule has 0 aliphatic rings. The van der Waals surface area contributed by atoms with Crippen molar-refractivity contribution >= 4 is 44.9 Å². The van der Waals surface area contributed by atoms with Gasteiger partial charge in [-0.15, -0.1) is 11.3 Å². The zero-order valence-electron chi connectivity index (χ0n) is 14.9. The predicted octanol–water partition coefficient (Wildman–Crippen LogP) is 5.62. The molecular formula is C21H16FN3OS2. The fraction of sp³-hybridized carbons (Fsp3) is 0.0952. The average molecular weight is 410 g/mol. The molecule has 0 aliphatic heterocycles. The molecule has 4 aromatic rings. The van der Waals surface area contributed by atoms with Gasteiger partial charge in [-0.1, -0.05) is 42.1 Å². The minimum Gasteiger partial charge on any atom is -0.325 e. The number of para-hydroxylation sites is 1. The summed E-state index contributed by atoms with van der Waals surface area (Å²) in [5, 5.41) is 3.35. The summed E-state index contributed by atoms with van der Waals surface area (Å²) < 4.78 is 14.1. The van der Waals surface area contributed by atoms with E-state index in [4.69, 9.17) is 0 Å². The topological polar surface area (TPSA) is 54.9 Å². The van der Waals surface area contributed by atoms with Crippen LogP contribution in [0.2, 0.25) is 0 Å². The van der Waals surface area contributed by atoms with Crippen molar-refractivity contribution < 1.29 is 9.18 Å². The maximum atomic E-state index is 13.2. The smallest absolute Gasteiger partial charge is 0.237 e. The number of anilines is 1. The summed E-state index contributed by atoms with van der Waals surface area (Å²) in [5.74, 6) is -0.350. The van der Waals surface area contributed by atoms with E-state index in [0.717, 1.165) is 31.4 Å². The van der Waals surface area contributed by atoms with Crippen molar-refractivity contribution in [2.75, 3.05) is 5.32 Å². The van der Waals surface area contributed by atoms with Crippen LogP contribution in [0, 0.1) is 5.82 Å². The van der Waals surface area contributed by atoms with E-state index in [2.05, 4.69) is 15.3 Å². The van der Waals surface area contributed by atoms with Crippen LogP contribution in [0.3, 0.4) is 0 Å². The molecule has 0 saturated carbocycles. The van der Waals surface area contributed by atoms with Gasteiger partial charge in [-0.3, -0.25) is 4.79 Å². The number of rotatable bonds is 5. The Kier molecular flexibility index (Phi) is 5.36. The lowest BCUT2D eigenvalue weighted by Gasteiger charge is -2.11. The quantitative estimate of drug-likeness (QED) is 0.343. The first-order chi connectivity index (χ1) is 13.6. The Balaban J connectivity index is 1.56. The van der Waals surface area contributed by atoms with E-state index in [-0.39, 0.29) is 17.0 Å². The first-order valence-corrected chi connectivity index (χ1v) is 10.3. The average Bonchev–Trinajstić information content (AvgIpc) is 3.14. The maximum absolute atomic E-state index is 13.2. The van der Waals surface area contributed by atoms with Crippen molar-refractivity contribution in [3.05, 3.63) is 72.8 Å². The molecule has 2 aromatic carbocycles. The number of nitrogens with zero attached hydrogens (tertiary/aromatic N) is 2. The lowest BCUT2D eigenvalue weighted by molar-refractivity contribution is -0.115. The molecule has 1 atom stereocenters. The Morgan fingerprint density at radius 1 is 1.11 bits per heavy atom. The van der Waals surface area contributed by atoms with Gasteiger partial charge in [-0.05, 0) is 42.8 Å². The number of fused-ring (bicyclic) bond motifs is 1. The summed E-state index contributed by atoms with van der Waals surface area (Å²) in [6.45, 7) is 1.85. The number of aromatic nitrogens is 2. The Morgan fingerprint density at radius 3 is 2.61 bits per heavy atom. The normalized spacial score (nSPS) is 12.1. The van der Waals surface area contributed by atoms with E-state index < -0.39 is 0 Å². The van der Waals surface area contributed by atoms with Crippen LogP contribution in [0.4, 0.5) is 10.1 Å². The number of carbonyl (C=O) groups is 1. The first-order valence-electron chi connectivity index (χ1n) is 8.63. The number of thiophene rings is 1. The van der Waals surface area contributed by atoms with Gasteiger partial charge < -0.3 is 5.32 Å². The largest absolute Gasteiger partial charge is 0.325 e. The van der Waals surface area contributed by atoms with Crippen LogP contribution in [-0.4, -0.2) is 21.1 Å². The number of halogens is 1. The van der Waals surface area contributed by atoms with Crippen LogP contribution in [-0.2, 0) is 4.79 Å². The summed E-state index contributed by atoms with van der Waals surface area (Å²) in [5.41, 5.74) is 2.51. The monoisotopic (exact) mass is 409 g/mol. The SMILES string of the molecule is C[C@@H](Sc1ncnc2cc(-c3ccc(F)cc3)sc12)C(=O)Nc1ccccc1. The van der Waals surface area contributed by atoms with Crippen molar-refractivity contribution in [3.8, 4) is 10.4 Å². The summed E-state index contributed by atoms with van der Waals surface area (Å²) in [6.07, 6.45) is 1.51. The number of benzene rings is 2. The molecule has 28 heavy (non-hydrogen) atoms. The van der Waals surface area contributed by atoms with E-state index in [1.165, 1.54) is 30.2 Å². The van der Waals surface area contributed by atoms with Gasteiger partial charge in [0.15, 0.2) is 0 Å². The molecule has 0 aliphatic carbocycles. The third kappa shape index (κ3) is 4.05. The van der Waals surface area contributed by atoms with E-state index >= 15 is 0 Å². The lowest BCUT2D eigenvalue weighted by Crippen LogP contribution is -2.22. The van der Waals surface area contributed by atoms with Gasteiger partial charge in [0.1, 0.15) is 17.2 Å². The van der Waals surface area contributed by atoms with Gasteiger partial charge in [0.25, 0.3) is 0 Å². The van der Waals surface area contributed by atoms with Crippen LogP contribution in [0.25, 0.3) is 20.7 Å². The van der Waals surface area contributed by atoms with Crippen molar-refractivity contribution in [3.63, 3.8) is 0 Å². The summed E-state index contributed by atoms with van der Waals surface area (Å²) in [4.78, 5) is 22.2. The molecule has 0 fully saturated rings. The minimum atomic E-state index is -0.324. The molecular weight excluding hydrogens is 393 g/mol. The molecule has 1 N–H and O–H groups in total. The van der Waals surface area contributed by atoms with Crippen LogP contribution in [0.5, 0.6) is 0 Å². The first kappa shape index (κ1) is 18.6. The third-order valence-electron chi connectivity index (χ3n) is 4.11. The van der Waals surface area contributed by atoms with E-state index in [1.807, 2.05) is 43.3 Å². The highest BCUT2D eigenvalue weighted by Gasteiger charge is 2.18. The van der Waals surface area contributed by atoms with Gasteiger partial charge >= 0.3 is 0 Å². The molecule has 2 heterocycles. The molecule has 0 bridgehead atoms.